The molecule has 5 saturated carbocycles. The van der Waals surface area contributed by atoms with Gasteiger partial charge in [0.05, 0.1) is 17.1 Å². The predicted molar refractivity (Wildman–Crippen MR) is 125 cm³/mol. The van der Waals surface area contributed by atoms with E-state index < -0.39 is 5.60 Å². The molecule has 3 atom stereocenters. The molecule has 0 aromatic carbocycles. The van der Waals surface area contributed by atoms with Crippen LogP contribution in [-0.2, 0) is 0 Å². The first-order valence-electron chi connectivity index (χ1n) is 12.8. The van der Waals surface area contributed by atoms with Crippen molar-refractivity contribution in [3.63, 3.8) is 0 Å². The van der Waals surface area contributed by atoms with Gasteiger partial charge in [0, 0.05) is 38.3 Å². The van der Waals surface area contributed by atoms with Gasteiger partial charge < -0.3 is 15.3 Å². The number of anilines is 1. The summed E-state index contributed by atoms with van der Waals surface area (Å²) in [5, 5.41) is 23.6. The standard InChI is InChI=1S/C26H35N5O2/c1-17-14-30(16-25(15-27)5-6-25)7-8-31(17)22-4-2-3-21(28-22)24(32)29-23-19-9-18-10-20(23)13-26(33,11-18)12-19/h2-4,17-20,23,33H,5-14,16H2,1H3,(H,29,32)/t17-,18?,19?,20?,23-,26-/m1/s1. The normalized spacial score (nSPS) is 38.7. The summed E-state index contributed by atoms with van der Waals surface area (Å²) in [7, 11) is 0. The summed E-state index contributed by atoms with van der Waals surface area (Å²) in [5.41, 5.74) is -0.108. The number of hydrogen-bond donors (Lipinski definition) is 2. The van der Waals surface area contributed by atoms with Gasteiger partial charge in [0.25, 0.3) is 5.91 Å². The highest BCUT2D eigenvalue weighted by Crippen LogP contribution is 2.55. The lowest BCUT2D eigenvalue weighted by atomic mass is 9.52. The summed E-state index contributed by atoms with van der Waals surface area (Å²) in [6.07, 6.45) is 6.92. The largest absolute Gasteiger partial charge is 0.390 e. The molecule has 7 nitrogen and oxygen atoms in total. The number of nitriles is 1. The summed E-state index contributed by atoms with van der Waals surface area (Å²) >= 11 is 0. The van der Waals surface area contributed by atoms with Crippen molar-refractivity contribution in [2.75, 3.05) is 31.1 Å². The minimum Gasteiger partial charge on any atom is -0.390 e. The summed E-state index contributed by atoms with van der Waals surface area (Å²) in [5.74, 6) is 2.19. The van der Waals surface area contributed by atoms with Gasteiger partial charge in [0.1, 0.15) is 11.5 Å². The number of hydrogen-bond acceptors (Lipinski definition) is 6. The maximum Gasteiger partial charge on any atom is 0.270 e. The van der Waals surface area contributed by atoms with E-state index in [0.717, 1.165) is 76.9 Å². The van der Waals surface area contributed by atoms with Crippen molar-refractivity contribution in [1.82, 2.24) is 15.2 Å². The van der Waals surface area contributed by atoms with Gasteiger partial charge in [-0.15, -0.1) is 0 Å². The quantitative estimate of drug-likeness (QED) is 0.718. The van der Waals surface area contributed by atoms with Crippen molar-refractivity contribution >= 4 is 11.7 Å². The highest BCUT2D eigenvalue weighted by atomic mass is 16.3. The smallest absolute Gasteiger partial charge is 0.270 e. The molecule has 2 unspecified atom stereocenters. The molecular formula is C26H35N5O2. The molecule has 7 heteroatoms. The average Bonchev–Trinajstić information content (AvgIpc) is 3.55. The average molecular weight is 450 g/mol. The lowest BCUT2D eigenvalue weighted by Gasteiger charge is -2.58. The molecule has 2 heterocycles. The van der Waals surface area contributed by atoms with Gasteiger partial charge in [-0.25, -0.2) is 4.98 Å². The summed E-state index contributed by atoms with van der Waals surface area (Å²) in [6, 6.07) is 8.70. The van der Waals surface area contributed by atoms with Crippen LogP contribution in [0.25, 0.3) is 0 Å². The van der Waals surface area contributed by atoms with E-state index in [0.29, 0.717) is 23.4 Å². The molecule has 6 aliphatic rings. The Labute approximate surface area is 196 Å². The molecule has 1 aromatic heterocycles. The van der Waals surface area contributed by atoms with Gasteiger partial charge in [-0.05, 0) is 81.8 Å². The third-order valence-electron chi connectivity index (χ3n) is 9.13. The molecule has 4 bridgehead atoms. The first-order valence-corrected chi connectivity index (χ1v) is 12.8. The minimum atomic E-state index is -0.486. The highest BCUT2D eigenvalue weighted by Gasteiger charge is 2.55. The van der Waals surface area contributed by atoms with E-state index in [9.17, 15) is 15.2 Å². The topological polar surface area (TPSA) is 92.5 Å². The number of nitrogens with zero attached hydrogens (tertiary/aromatic N) is 4. The molecule has 176 valence electrons. The van der Waals surface area contributed by atoms with Crippen LogP contribution in [0.5, 0.6) is 0 Å². The van der Waals surface area contributed by atoms with Crippen LogP contribution in [0.4, 0.5) is 5.82 Å². The van der Waals surface area contributed by atoms with Crippen LogP contribution in [0.2, 0.25) is 0 Å². The number of aliphatic hydroxyl groups is 1. The molecule has 7 rings (SSSR count). The van der Waals surface area contributed by atoms with E-state index in [1.54, 1.807) is 0 Å². The molecule has 2 N–H and O–H groups in total. The number of nitrogens with one attached hydrogen (secondary N) is 1. The van der Waals surface area contributed by atoms with Crippen molar-refractivity contribution in [3.8, 4) is 6.07 Å². The Morgan fingerprint density at radius 3 is 2.64 bits per heavy atom. The molecule has 5 aliphatic carbocycles. The molecule has 33 heavy (non-hydrogen) atoms. The summed E-state index contributed by atoms with van der Waals surface area (Å²) < 4.78 is 0. The zero-order chi connectivity index (χ0) is 22.8. The fourth-order valence-corrected chi connectivity index (χ4v) is 7.55. The zero-order valence-corrected chi connectivity index (χ0v) is 19.5. The van der Waals surface area contributed by atoms with Gasteiger partial charge in [-0.1, -0.05) is 6.07 Å². The van der Waals surface area contributed by atoms with Crippen molar-refractivity contribution in [2.45, 2.75) is 69.6 Å². The van der Waals surface area contributed by atoms with Crippen LogP contribution in [0.1, 0.15) is 62.4 Å². The Morgan fingerprint density at radius 2 is 2.00 bits per heavy atom. The Morgan fingerprint density at radius 1 is 1.24 bits per heavy atom. The molecule has 1 aromatic rings. The Kier molecular flexibility index (Phi) is 4.97. The lowest BCUT2D eigenvalue weighted by molar-refractivity contribution is -0.136. The summed E-state index contributed by atoms with van der Waals surface area (Å²) in [4.78, 5) is 22.7. The first-order chi connectivity index (χ1) is 15.9. The van der Waals surface area contributed by atoms with E-state index in [1.165, 1.54) is 0 Å². The van der Waals surface area contributed by atoms with E-state index in [-0.39, 0.29) is 23.4 Å². The molecule has 0 spiro atoms. The monoisotopic (exact) mass is 449 g/mol. The van der Waals surface area contributed by atoms with Crippen molar-refractivity contribution < 1.29 is 9.90 Å². The Bertz CT molecular complexity index is 969. The number of piperazine rings is 1. The van der Waals surface area contributed by atoms with Crippen LogP contribution in [0, 0.1) is 34.5 Å². The molecule has 1 amide bonds. The maximum atomic E-state index is 13.2. The minimum absolute atomic E-state index is 0.0858. The number of rotatable bonds is 5. The molecule has 0 radical (unpaired) electrons. The lowest BCUT2D eigenvalue weighted by Crippen LogP contribution is -2.61. The molecule has 6 fully saturated rings. The van der Waals surface area contributed by atoms with Crippen LogP contribution < -0.4 is 10.2 Å². The van der Waals surface area contributed by atoms with Gasteiger partial charge in [0.15, 0.2) is 0 Å². The highest BCUT2D eigenvalue weighted by molar-refractivity contribution is 5.93. The molecule has 1 saturated heterocycles. The number of aromatic nitrogens is 1. The third-order valence-corrected chi connectivity index (χ3v) is 9.13. The molecular weight excluding hydrogens is 414 g/mol. The molecule has 1 aliphatic heterocycles. The van der Waals surface area contributed by atoms with E-state index in [4.69, 9.17) is 4.98 Å². The SMILES string of the molecule is C[C@@H]1CN(CC2(C#N)CC2)CCN1c1cccc(C(=O)N[C@H]2C3CC4CC2C[C@](O)(C4)C3)n1. The number of carbonyl (C=O) groups is 1. The first kappa shape index (κ1) is 21.4. The zero-order valence-electron chi connectivity index (χ0n) is 19.5. The van der Waals surface area contributed by atoms with Crippen molar-refractivity contribution in [2.24, 2.45) is 23.2 Å². The number of amides is 1. The van der Waals surface area contributed by atoms with Gasteiger partial charge in [-0.2, -0.15) is 5.26 Å². The summed E-state index contributed by atoms with van der Waals surface area (Å²) in [6.45, 7) is 5.76. The number of carbonyl (C=O) groups excluding carboxylic acids is 1. The van der Waals surface area contributed by atoms with Crippen LogP contribution in [-0.4, -0.2) is 64.8 Å². The maximum absolute atomic E-state index is 13.2. The van der Waals surface area contributed by atoms with Crippen LogP contribution >= 0.6 is 0 Å². The van der Waals surface area contributed by atoms with Crippen molar-refractivity contribution in [1.29, 1.82) is 5.26 Å². The van der Waals surface area contributed by atoms with Gasteiger partial charge in [-0.3, -0.25) is 9.69 Å². The second-order valence-electron chi connectivity index (χ2n) is 11.7. The van der Waals surface area contributed by atoms with E-state index in [1.807, 2.05) is 18.2 Å². The van der Waals surface area contributed by atoms with Crippen molar-refractivity contribution in [3.05, 3.63) is 23.9 Å². The fraction of sp³-hybridized carbons (Fsp3) is 0.731. The Balaban J connectivity index is 1.11. The van der Waals surface area contributed by atoms with Gasteiger partial charge in [0.2, 0.25) is 0 Å². The second kappa shape index (κ2) is 7.68. The van der Waals surface area contributed by atoms with E-state index in [2.05, 4.69) is 28.1 Å². The predicted octanol–water partition coefficient (Wildman–Crippen LogP) is 2.57. The third kappa shape index (κ3) is 3.91. The van der Waals surface area contributed by atoms with Crippen LogP contribution in [0.3, 0.4) is 0 Å². The van der Waals surface area contributed by atoms with Crippen LogP contribution in [0.15, 0.2) is 18.2 Å². The van der Waals surface area contributed by atoms with E-state index >= 15 is 0 Å². The Hall–Kier alpha value is -2.17. The fourth-order valence-electron chi connectivity index (χ4n) is 7.55. The van der Waals surface area contributed by atoms with Gasteiger partial charge >= 0.3 is 0 Å². The second-order valence-corrected chi connectivity index (χ2v) is 11.7. The number of pyridine rings is 1.